The highest BCUT2D eigenvalue weighted by Gasteiger charge is 2.24. The first-order valence-electron chi connectivity index (χ1n) is 9.34. The molecule has 8 heteroatoms. The zero-order valence-electron chi connectivity index (χ0n) is 16.1. The lowest BCUT2D eigenvalue weighted by atomic mass is 9.98. The average molecular weight is 388 g/mol. The SMILES string of the molecule is C[C@@H](CC#N)[C@H](NC(=O)CCCCCNC(=O)OCc1ccccc1)C(N)=O. The predicted molar refractivity (Wildman–Crippen MR) is 104 cm³/mol. The normalized spacial score (nSPS) is 12.3. The smallest absolute Gasteiger partial charge is 0.407 e. The Balaban J connectivity index is 2.12. The molecule has 0 aromatic heterocycles. The lowest BCUT2D eigenvalue weighted by Crippen LogP contribution is -2.48. The molecule has 2 atom stereocenters. The van der Waals surface area contributed by atoms with Crippen molar-refractivity contribution in [2.24, 2.45) is 11.7 Å². The van der Waals surface area contributed by atoms with E-state index in [-0.39, 0.29) is 31.3 Å². The van der Waals surface area contributed by atoms with Crippen molar-refractivity contribution < 1.29 is 19.1 Å². The van der Waals surface area contributed by atoms with Gasteiger partial charge in [-0.25, -0.2) is 4.79 Å². The van der Waals surface area contributed by atoms with Gasteiger partial charge in [-0.15, -0.1) is 0 Å². The lowest BCUT2D eigenvalue weighted by Gasteiger charge is -2.20. The number of nitrogens with zero attached hydrogens (tertiary/aromatic N) is 1. The quantitative estimate of drug-likeness (QED) is 0.471. The summed E-state index contributed by atoms with van der Waals surface area (Å²) in [5, 5.41) is 14.0. The summed E-state index contributed by atoms with van der Waals surface area (Å²) in [6.07, 6.45) is 1.98. The Morgan fingerprint density at radius 2 is 1.89 bits per heavy atom. The fourth-order valence-corrected chi connectivity index (χ4v) is 2.55. The maximum absolute atomic E-state index is 11.9. The average Bonchev–Trinajstić information content (AvgIpc) is 2.67. The van der Waals surface area contributed by atoms with Crippen LogP contribution < -0.4 is 16.4 Å². The van der Waals surface area contributed by atoms with Gasteiger partial charge in [-0.1, -0.05) is 43.7 Å². The predicted octanol–water partition coefficient (Wildman–Crippen LogP) is 1.99. The molecule has 1 aromatic rings. The first kappa shape index (κ1) is 23.0. The number of carbonyl (C=O) groups is 3. The van der Waals surface area contributed by atoms with Gasteiger partial charge in [-0.3, -0.25) is 9.59 Å². The Bertz CT molecular complexity index is 673. The summed E-state index contributed by atoms with van der Waals surface area (Å²) in [6.45, 7) is 2.37. The summed E-state index contributed by atoms with van der Waals surface area (Å²) in [5.41, 5.74) is 6.20. The summed E-state index contributed by atoms with van der Waals surface area (Å²) >= 11 is 0. The van der Waals surface area contributed by atoms with E-state index in [9.17, 15) is 14.4 Å². The molecular weight excluding hydrogens is 360 g/mol. The van der Waals surface area contributed by atoms with Gasteiger partial charge in [-0.05, 0) is 24.3 Å². The van der Waals surface area contributed by atoms with Crippen LogP contribution in [0.1, 0.15) is 44.6 Å². The van der Waals surface area contributed by atoms with Gasteiger partial charge in [0.2, 0.25) is 11.8 Å². The molecule has 0 radical (unpaired) electrons. The fraction of sp³-hybridized carbons (Fsp3) is 0.500. The van der Waals surface area contributed by atoms with Crippen LogP contribution in [-0.4, -0.2) is 30.5 Å². The number of unbranched alkanes of at least 4 members (excludes halogenated alkanes) is 2. The van der Waals surface area contributed by atoms with Crippen LogP contribution in [0.5, 0.6) is 0 Å². The van der Waals surface area contributed by atoms with Gasteiger partial charge in [0, 0.05) is 19.4 Å². The fourth-order valence-electron chi connectivity index (χ4n) is 2.55. The third-order valence-electron chi connectivity index (χ3n) is 4.17. The van der Waals surface area contributed by atoms with Crippen molar-refractivity contribution in [1.29, 1.82) is 5.26 Å². The van der Waals surface area contributed by atoms with Gasteiger partial charge in [0.1, 0.15) is 12.6 Å². The third-order valence-corrected chi connectivity index (χ3v) is 4.17. The van der Waals surface area contributed by atoms with Crippen LogP contribution >= 0.6 is 0 Å². The summed E-state index contributed by atoms with van der Waals surface area (Å²) in [4.78, 5) is 35.0. The zero-order valence-corrected chi connectivity index (χ0v) is 16.1. The highest BCUT2D eigenvalue weighted by atomic mass is 16.5. The van der Waals surface area contributed by atoms with E-state index < -0.39 is 18.0 Å². The molecule has 0 bridgehead atoms. The number of carbonyl (C=O) groups excluding carboxylic acids is 3. The van der Waals surface area contributed by atoms with Crippen molar-refractivity contribution in [3.05, 3.63) is 35.9 Å². The van der Waals surface area contributed by atoms with E-state index in [1.807, 2.05) is 36.4 Å². The first-order chi connectivity index (χ1) is 13.4. The van der Waals surface area contributed by atoms with Gasteiger partial charge in [0.15, 0.2) is 0 Å². The molecule has 0 aliphatic rings. The number of rotatable bonds is 12. The van der Waals surface area contributed by atoms with Crippen LogP contribution in [-0.2, 0) is 20.9 Å². The molecule has 1 aromatic carbocycles. The van der Waals surface area contributed by atoms with Crippen LogP contribution in [0.3, 0.4) is 0 Å². The molecule has 0 saturated heterocycles. The number of amides is 3. The molecule has 0 heterocycles. The number of nitrogens with two attached hydrogens (primary N) is 1. The molecular formula is C20H28N4O4. The van der Waals surface area contributed by atoms with Gasteiger partial charge in [0.25, 0.3) is 0 Å². The van der Waals surface area contributed by atoms with Gasteiger partial charge in [0.05, 0.1) is 6.07 Å². The second-order valence-corrected chi connectivity index (χ2v) is 6.59. The van der Waals surface area contributed by atoms with Crippen LogP contribution in [0.2, 0.25) is 0 Å². The number of nitriles is 1. The molecule has 1 rings (SSSR count). The number of nitrogens with one attached hydrogen (secondary N) is 2. The van der Waals surface area contributed by atoms with E-state index in [0.717, 1.165) is 12.0 Å². The van der Waals surface area contributed by atoms with Crippen LogP contribution in [0.4, 0.5) is 4.79 Å². The molecule has 0 unspecified atom stereocenters. The van der Waals surface area contributed by atoms with Gasteiger partial charge >= 0.3 is 6.09 Å². The van der Waals surface area contributed by atoms with Crippen molar-refractivity contribution in [3.8, 4) is 6.07 Å². The minimum atomic E-state index is -0.840. The van der Waals surface area contributed by atoms with Crippen LogP contribution in [0.15, 0.2) is 30.3 Å². The van der Waals surface area contributed by atoms with Crippen molar-refractivity contribution in [3.63, 3.8) is 0 Å². The van der Waals surface area contributed by atoms with Crippen LogP contribution in [0, 0.1) is 17.2 Å². The zero-order chi connectivity index (χ0) is 20.8. The maximum atomic E-state index is 11.9. The molecule has 0 spiro atoms. The number of ether oxygens (including phenoxy) is 1. The Labute approximate surface area is 165 Å². The van der Waals surface area contributed by atoms with E-state index in [4.69, 9.17) is 15.7 Å². The van der Waals surface area contributed by atoms with Gasteiger partial charge in [-0.2, -0.15) is 5.26 Å². The van der Waals surface area contributed by atoms with Crippen molar-refractivity contribution >= 4 is 17.9 Å². The number of primary amides is 1. The molecule has 0 saturated carbocycles. The Kier molecular flexibility index (Phi) is 10.8. The van der Waals surface area contributed by atoms with E-state index >= 15 is 0 Å². The summed E-state index contributed by atoms with van der Waals surface area (Å²) in [6, 6.07) is 10.5. The molecule has 3 amide bonds. The molecule has 152 valence electrons. The van der Waals surface area contributed by atoms with Gasteiger partial charge < -0.3 is 21.1 Å². The van der Waals surface area contributed by atoms with E-state index in [1.54, 1.807) is 6.92 Å². The van der Waals surface area contributed by atoms with E-state index in [0.29, 0.717) is 19.4 Å². The highest BCUT2D eigenvalue weighted by Crippen LogP contribution is 2.08. The second kappa shape index (κ2) is 13.1. The van der Waals surface area contributed by atoms with Crippen molar-refractivity contribution in [2.45, 2.75) is 51.7 Å². The second-order valence-electron chi connectivity index (χ2n) is 6.59. The molecule has 4 N–H and O–H groups in total. The van der Waals surface area contributed by atoms with Crippen molar-refractivity contribution in [2.75, 3.05) is 6.54 Å². The molecule has 0 fully saturated rings. The summed E-state index contributed by atoms with van der Waals surface area (Å²) in [7, 11) is 0. The molecule has 0 aliphatic carbocycles. The number of alkyl carbamates (subject to hydrolysis) is 1. The lowest BCUT2D eigenvalue weighted by molar-refractivity contribution is -0.128. The standard InChI is InChI=1S/C20H28N4O4/c1-15(11-12-21)18(19(22)26)24-17(25)10-6-3-7-13-23-20(27)28-14-16-8-4-2-5-9-16/h2,4-5,8-9,15,18H,3,6-7,10-11,13-14H2,1H3,(H2,22,26)(H,23,27)(H,24,25)/t15-,18-/m0/s1. The largest absolute Gasteiger partial charge is 0.445 e. The topological polar surface area (TPSA) is 134 Å². The Morgan fingerprint density at radius 1 is 1.18 bits per heavy atom. The minimum absolute atomic E-state index is 0.139. The number of benzene rings is 1. The molecule has 28 heavy (non-hydrogen) atoms. The van der Waals surface area contributed by atoms with Crippen LogP contribution in [0.25, 0.3) is 0 Å². The van der Waals surface area contributed by atoms with Crippen molar-refractivity contribution in [1.82, 2.24) is 10.6 Å². The van der Waals surface area contributed by atoms with E-state index in [2.05, 4.69) is 10.6 Å². The maximum Gasteiger partial charge on any atom is 0.407 e. The highest BCUT2D eigenvalue weighted by molar-refractivity contribution is 5.86. The monoisotopic (exact) mass is 388 g/mol. The number of hydrogen-bond donors (Lipinski definition) is 3. The first-order valence-corrected chi connectivity index (χ1v) is 9.34. The summed E-state index contributed by atoms with van der Waals surface area (Å²) in [5.74, 6) is -1.25. The number of hydrogen-bond acceptors (Lipinski definition) is 5. The Hall–Kier alpha value is -3.08. The molecule has 0 aliphatic heterocycles. The minimum Gasteiger partial charge on any atom is -0.445 e. The third kappa shape index (κ3) is 9.57. The van der Waals surface area contributed by atoms with E-state index in [1.165, 1.54) is 0 Å². The molecule has 8 nitrogen and oxygen atoms in total. The summed E-state index contributed by atoms with van der Waals surface area (Å²) < 4.78 is 5.10. The Morgan fingerprint density at radius 3 is 2.54 bits per heavy atom.